The summed E-state index contributed by atoms with van der Waals surface area (Å²) in [5.41, 5.74) is 3.01. The highest BCUT2D eigenvalue weighted by molar-refractivity contribution is 5.86. The quantitative estimate of drug-likeness (QED) is 0.668. The Hall–Kier alpha value is -2.87. The lowest BCUT2D eigenvalue weighted by molar-refractivity contribution is 0.242. The monoisotopic (exact) mass is 377 g/mol. The van der Waals surface area contributed by atoms with Crippen LogP contribution in [0.1, 0.15) is 17.7 Å². The van der Waals surface area contributed by atoms with Gasteiger partial charge in [-0.2, -0.15) is 5.10 Å². The molecule has 8 heteroatoms. The van der Waals surface area contributed by atoms with E-state index in [-0.39, 0.29) is 5.56 Å². The molecule has 0 unspecified atom stereocenters. The number of aryl methyl sites for hydroxylation is 2. The van der Waals surface area contributed by atoms with Crippen molar-refractivity contribution >= 4 is 16.9 Å². The van der Waals surface area contributed by atoms with Crippen molar-refractivity contribution < 1.29 is 0 Å². The molecule has 3 aromatic rings. The Morgan fingerprint density at radius 3 is 2.79 bits per heavy atom. The average Bonchev–Trinajstić information content (AvgIpc) is 3.19. The van der Waals surface area contributed by atoms with Crippen LogP contribution in [-0.2, 0) is 19.4 Å². The Labute approximate surface area is 162 Å². The molecular weight excluding hydrogens is 354 g/mol. The third-order valence-electron chi connectivity index (χ3n) is 5.71. The molecule has 0 bridgehead atoms. The number of rotatable bonds is 4. The first-order valence-corrected chi connectivity index (χ1v) is 9.91. The maximum absolute atomic E-state index is 12.3. The van der Waals surface area contributed by atoms with Gasteiger partial charge in [0.25, 0.3) is 5.56 Å². The number of aromatic nitrogens is 5. The molecule has 0 amide bonds. The number of hydrogen-bond donors (Lipinski definition) is 0. The summed E-state index contributed by atoms with van der Waals surface area (Å²) in [7, 11) is 0. The van der Waals surface area contributed by atoms with E-state index in [1.54, 1.807) is 23.3 Å². The second-order valence-electron chi connectivity index (χ2n) is 7.43. The maximum atomic E-state index is 12.3. The SMILES string of the molecule is O=c1cc2c(nn1CCN1CCN(c3ncnc4ncccc34)CC1)CCC2. The molecule has 144 valence electrons. The van der Waals surface area contributed by atoms with Crippen molar-refractivity contribution in [2.24, 2.45) is 0 Å². The summed E-state index contributed by atoms with van der Waals surface area (Å²) in [5.74, 6) is 0.953. The molecule has 2 aliphatic rings. The molecule has 0 spiro atoms. The molecule has 0 N–H and O–H groups in total. The van der Waals surface area contributed by atoms with Gasteiger partial charge < -0.3 is 4.90 Å². The first kappa shape index (κ1) is 17.2. The lowest BCUT2D eigenvalue weighted by atomic mass is 10.2. The van der Waals surface area contributed by atoms with Crippen LogP contribution in [0.5, 0.6) is 0 Å². The van der Waals surface area contributed by atoms with Crippen molar-refractivity contribution in [1.82, 2.24) is 29.6 Å². The van der Waals surface area contributed by atoms with Gasteiger partial charge in [0.05, 0.1) is 17.6 Å². The molecule has 1 aliphatic heterocycles. The van der Waals surface area contributed by atoms with Gasteiger partial charge in [-0.15, -0.1) is 0 Å². The van der Waals surface area contributed by atoms with Crippen molar-refractivity contribution in [2.45, 2.75) is 25.8 Å². The summed E-state index contributed by atoms with van der Waals surface area (Å²) >= 11 is 0. The van der Waals surface area contributed by atoms with Gasteiger partial charge in [-0.25, -0.2) is 19.6 Å². The van der Waals surface area contributed by atoms with Gasteiger partial charge in [0.15, 0.2) is 5.65 Å². The number of hydrogen-bond acceptors (Lipinski definition) is 7. The van der Waals surface area contributed by atoms with Crippen LogP contribution in [0.3, 0.4) is 0 Å². The van der Waals surface area contributed by atoms with Gasteiger partial charge in [-0.1, -0.05) is 0 Å². The normalized spacial score (nSPS) is 17.2. The van der Waals surface area contributed by atoms with Gasteiger partial charge in [-0.3, -0.25) is 9.69 Å². The Kier molecular flexibility index (Phi) is 4.48. The highest BCUT2D eigenvalue weighted by Gasteiger charge is 2.20. The van der Waals surface area contributed by atoms with Crippen LogP contribution < -0.4 is 10.5 Å². The zero-order valence-electron chi connectivity index (χ0n) is 15.8. The summed E-state index contributed by atoms with van der Waals surface area (Å²) < 4.78 is 1.64. The zero-order valence-corrected chi connectivity index (χ0v) is 15.8. The molecule has 1 aliphatic carbocycles. The third kappa shape index (κ3) is 3.24. The van der Waals surface area contributed by atoms with Gasteiger partial charge in [0, 0.05) is 45.0 Å². The van der Waals surface area contributed by atoms with E-state index >= 15 is 0 Å². The van der Waals surface area contributed by atoms with Crippen LogP contribution in [0.15, 0.2) is 35.5 Å². The van der Waals surface area contributed by atoms with E-state index in [4.69, 9.17) is 0 Å². The highest BCUT2D eigenvalue weighted by atomic mass is 16.1. The summed E-state index contributed by atoms with van der Waals surface area (Å²) in [4.78, 5) is 30.0. The molecule has 0 aromatic carbocycles. The minimum absolute atomic E-state index is 0.0271. The fourth-order valence-corrected chi connectivity index (χ4v) is 4.15. The van der Waals surface area contributed by atoms with Gasteiger partial charge in [0.2, 0.25) is 0 Å². The largest absolute Gasteiger partial charge is 0.353 e. The highest BCUT2D eigenvalue weighted by Crippen LogP contribution is 2.22. The number of pyridine rings is 1. The average molecular weight is 377 g/mol. The summed E-state index contributed by atoms with van der Waals surface area (Å²) in [6.07, 6.45) is 6.44. The molecule has 1 fully saturated rings. The van der Waals surface area contributed by atoms with Gasteiger partial charge in [0.1, 0.15) is 12.1 Å². The van der Waals surface area contributed by atoms with Gasteiger partial charge >= 0.3 is 0 Å². The Morgan fingerprint density at radius 2 is 1.89 bits per heavy atom. The topological polar surface area (TPSA) is 80.0 Å². The number of anilines is 1. The molecule has 5 rings (SSSR count). The predicted molar refractivity (Wildman–Crippen MR) is 107 cm³/mol. The second kappa shape index (κ2) is 7.27. The van der Waals surface area contributed by atoms with Crippen molar-refractivity contribution in [3.8, 4) is 0 Å². The van der Waals surface area contributed by atoms with Crippen LogP contribution in [0, 0.1) is 0 Å². The van der Waals surface area contributed by atoms with E-state index in [0.29, 0.717) is 6.54 Å². The maximum Gasteiger partial charge on any atom is 0.267 e. The molecular formula is C20H23N7O. The Balaban J connectivity index is 1.23. The number of fused-ring (bicyclic) bond motifs is 2. The predicted octanol–water partition coefficient (Wildman–Crippen LogP) is 0.892. The van der Waals surface area contributed by atoms with E-state index in [9.17, 15) is 4.79 Å². The van der Waals surface area contributed by atoms with E-state index in [1.807, 2.05) is 12.1 Å². The standard InChI is InChI=1S/C20H23N7O/c28-18-13-15-3-1-5-17(15)24-27(18)12-9-25-7-10-26(11-8-25)20-16-4-2-6-21-19(16)22-14-23-20/h2,4,6,13-14H,1,3,5,7-12H2. The first-order valence-electron chi connectivity index (χ1n) is 9.91. The lowest BCUT2D eigenvalue weighted by Crippen LogP contribution is -2.48. The summed E-state index contributed by atoms with van der Waals surface area (Å²) in [6, 6.07) is 5.73. The molecule has 1 saturated heterocycles. The molecule has 4 heterocycles. The minimum atomic E-state index is 0.0271. The second-order valence-corrected chi connectivity index (χ2v) is 7.43. The molecule has 3 aromatic heterocycles. The smallest absolute Gasteiger partial charge is 0.267 e. The zero-order chi connectivity index (χ0) is 18.9. The van der Waals surface area contributed by atoms with Crippen molar-refractivity contribution in [3.05, 3.63) is 52.3 Å². The molecule has 8 nitrogen and oxygen atoms in total. The van der Waals surface area contributed by atoms with E-state index < -0.39 is 0 Å². The van der Waals surface area contributed by atoms with Crippen LogP contribution >= 0.6 is 0 Å². The summed E-state index contributed by atoms with van der Waals surface area (Å²) in [5, 5.41) is 5.57. The Bertz CT molecular complexity index is 1050. The van der Waals surface area contributed by atoms with Crippen LogP contribution in [0.4, 0.5) is 5.82 Å². The van der Waals surface area contributed by atoms with E-state index in [2.05, 4.69) is 29.9 Å². The van der Waals surface area contributed by atoms with Crippen LogP contribution in [-0.4, -0.2) is 62.4 Å². The van der Waals surface area contributed by atoms with E-state index in [0.717, 1.165) is 80.1 Å². The van der Waals surface area contributed by atoms with Crippen LogP contribution in [0.2, 0.25) is 0 Å². The minimum Gasteiger partial charge on any atom is -0.353 e. The van der Waals surface area contributed by atoms with E-state index in [1.165, 1.54) is 0 Å². The lowest BCUT2D eigenvalue weighted by Gasteiger charge is -2.35. The van der Waals surface area contributed by atoms with Crippen molar-refractivity contribution in [2.75, 3.05) is 37.6 Å². The molecule has 0 radical (unpaired) electrons. The van der Waals surface area contributed by atoms with Crippen molar-refractivity contribution in [1.29, 1.82) is 0 Å². The van der Waals surface area contributed by atoms with Crippen LogP contribution in [0.25, 0.3) is 11.0 Å². The molecule has 0 atom stereocenters. The molecule has 28 heavy (non-hydrogen) atoms. The van der Waals surface area contributed by atoms with Gasteiger partial charge in [-0.05, 0) is 37.0 Å². The number of nitrogens with zero attached hydrogens (tertiary/aromatic N) is 7. The molecule has 0 saturated carbocycles. The number of piperazine rings is 1. The van der Waals surface area contributed by atoms with Crippen molar-refractivity contribution in [3.63, 3.8) is 0 Å². The third-order valence-corrected chi connectivity index (χ3v) is 5.71. The Morgan fingerprint density at radius 1 is 1.00 bits per heavy atom. The fraction of sp³-hybridized carbons (Fsp3) is 0.450. The summed E-state index contributed by atoms with van der Waals surface area (Å²) in [6.45, 7) is 5.15. The first-order chi connectivity index (χ1) is 13.8. The fourth-order valence-electron chi connectivity index (χ4n) is 4.15.